The predicted octanol–water partition coefficient (Wildman–Crippen LogP) is 2.49. The molecule has 1 saturated carbocycles. The summed E-state index contributed by atoms with van der Waals surface area (Å²) in [4.78, 5) is 38.6. The molecule has 26 heavy (non-hydrogen) atoms. The molecule has 2 N–H and O–H groups in total. The molecule has 2 rings (SSSR count). The summed E-state index contributed by atoms with van der Waals surface area (Å²) < 4.78 is 5.28. The molecule has 2 fully saturated rings. The highest BCUT2D eigenvalue weighted by Crippen LogP contribution is 2.65. The summed E-state index contributed by atoms with van der Waals surface area (Å²) in [5, 5.41) is 12.3. The second-order valence-electron chi connectivity index (χ2n) is 10.2. The number of alkyl carbamates (subject to hydrolysis) is 1. The Bertz CT molecular complexity index is 614. The minimum atomic E-state index is -0.985. The molecule has 0 bridgehead atoms. The van der Waals surface area contributed by atoms with Crippen LogP contribution in [0.4, 0.5) is 4.79 Å². The second kappa shape index (κ2) is 6.13. The Hall–Kier alpha value is -1.79. The van der Waals surface area contributed by atoms with Gasteiger partial charge in [-0.25, -0.2) is 9.59 Å². The van der Waals surface area contributed by atoms with Crippen LogP contribution < -0.4 is 5.32 Å². The Morgan fingerprint density at radius 1 is 1.15 bits per heavy atom. The molecule has 4 atom stereocenters. The molecule has 148 valence electrons. The first-order valence-electron chi connectivity index (χ1n) is 9.10. The zero-order chi connectivity index (χ0) is 20.2. The summed E-state index contributed by atoms with van der Waals surface area (Å²) in [5.74, 6) is -1.19. The van der Waals surface area contributed by atoms with E-state index >= 15 is 0 Å². The van der Waals surface area contributed by atoms with Crippen molar-refractivity contribution in [1.29, 1.82) is 0 Å². The number of carboxylic acids is 1. The normalized spacial score (nSPS) is 28.2. The average molecular weight is 368 g/mol. The number of carboxylic acid groups (broad SMARTS) is 1. The lowest BCUT2D eigenvalue weighted by Gasteiger charge is -2.37. The second-order valence-corrected chi connectivity index (χ2v) is 10.2. The lowest BCUT2D eigenvalue weighted by Crippen LogP contribution is -2.58. The van der Waals surface area contributed by atoms with Gasteiger partial charge >= 0.3 is 12.1 Å². The van der Waals surface area contributed by atoms with Gasteiger partial charge in [0, 0.05) is 12.5 Å². The molecular formula is C19H32N2O5. The van der Waals surface area contributed by atoms with Gasteiger partial charge in [0.05, 0.1) is 0 Å². The molecule has 7 heteroatoms. The van der Waals surface area contributed by atoms with Gasteiger partial charge in [-0.2, -0.15) is 0 Å². The highest BCUT2D eigenvalue weighted by atomic mass is 16.6. The standard InChI is InChI=1S/C19H32N2O5/c1-17(2,3)13(20-16(25)26-18(4,5)6)14(22)21-9-10-11(19(10,7)8)12(21)15(23)24/h10-13H,9H2,1-8H3,(H,20,25)(H,23,24)/t10?,11?,12-,13?/m0/s1. The summed E-state index contributed by atoms with van der Waals surface area (Å²) in [6, 6.07) is -1.70. The van der Waals surface area contributed by atoms with E-state index in [0.29, 0.717) is 6.54 Å². The summed E-state index contributed by atoms with van der Waals surface area (Å²) in [6.45, 7) is 15.2. The maximum atomic E-state index is 13.2. The van der Waals surface area contributed by atoms with Crippen LogP contribution in [0.1, 0.15) is 55.4 Å². The van der Waals surface area contributed by atoms with E-state index in [2.05, 4.69) is 5.32 Å². The number of aliphatic carboxylic acids is 1. The quantitative estimate of drug-likeness (QED) is 0.798. The van der Waals surface area contributed by atoms with E-state index in [1.807, 2.05) is 34.6 Å². The number of carbonyl (C=O) groups excluding carboxylic acids is 2. The van der Waals surface area contributed by atoms with Crippen molar-refractivity contribution in [3.8, 4) is 0 Å². The van der Waals surface area contributed by atoms with Gasteiger partial charge in [-0.1, -0.05) is 34.6 Å². The third-order valence-electron chi connectivity index (χ3n) is 5.52. The minimum absolute atomic E-state index is 0.0360. The van der Waals surface area contributed by atoms with Gasteiger partial charge in [-0.05, 0) is 37.5 Å². The first-order valence-corrected chi connectivity index (χ1v) is 9.10. The van der Waals surface area contributed by atoms with Crippen molar-refractivity contribution in [3.63, 3.8) is 0 Å². The molecule has 0 radical (unpaired) electrons. The number of nitrogens with one attached hydrogen (secondary N) is 1. The average Bonchev–Trinajstić information content (AvgIpc) is 2.81. The van der Waals surface area contributed by atoms with Crippen molar-refractivity contribution >= 4 is 18.0 Å². The Balaban J connectivity index is 2.20. The Kier molecular flexibility index (Phi) is 4.84. The van der Waals surface area contributed by atoms with Crippen LogP contribution in [0.3, 0.4) is 0 Å². The molecule has 2 aliphatic rings. The topological polar surface area (TPSA) is 95.9 Å². The van der Waals surface area contributed by atoms with Crippen molar-refractivity contribution in [2.45, 2.75) is 73.1 Å². The number of amides is 2. The van der Waals surface area contributed by atoms with Gasteiger partial charge in [0.25, 0.3) is 0 Å². The maximum Gasteiger partial charge on any atom is 0.408 e. The Morgan fingerprint density at radius 3 is 2.12 bits per heavy atom. The van der Waals surface area contributed by atoms with Crippen LogP contribution in [0.5, 0.6) is 0 Å². The fraction of sp³-hybridized carbons (Fsp3) is 0.842. The number of fused-ring (bicyclic) bond motifs is 1. The Morgan fingerprint density at radius 2 is 1.69 bits per heavy atom. The number of hydrogen-bond acceptors (Lipinski definition) is 4. The summed E-state index contributed by atoms with van der Waals surface area (Å²) in [7, 11) is 0. The van der Waals surface area contributed by atoms with Gasteiger partial charge in [-0.15, -0.1) is 0 Å². The number of ether oxygens (including phenoxy) is 1. The van der Waals surface area contributed by atoms with E-state index in [0.717, 1.165) is 0 Å². The number of likely N-dealkylation sites (tertiary alicyclic amines) is 1. The fourth-order valence-corrected chi connectivity index (χ4v) is 4.04. The molecule has 1 aliphatic heterocycles. The zero-order valence-corrected chi connectivity index (χ0v) is 17.0. The predicted molar refractivity (Wildman–Crippen MR) is 96.5 cm³/mol. The first kappa shape index (κ1) is 20.5. The molecule has 1 saturated heterocycles. The molecule has 1 aliphatic carbocycles. The first-order chi connectivity index (χ1) is 11.6. The third kappa shape index (κ3) is 3.81. The van der Waals surface area contributed by atoms with Crippen molar-refractivity contribution < 1.29 is 24.2 Å². The van der Waals surface area contributed by atoms with E-state index in [1.165, 1.54) is 4.90 Å². The molecule has 0 aromatic heterocycles. The largest absolute Gasteiger partial charge is 0.480 e. The van der Waals surface area contributed by atoms with E-state index in [9.17, 15) is 19.5 Å². The van der Waals surface area contributed by atoms with Crippen molar-refractivity contribution in [1.82, 2.24) is 10.2 Å². The number of nitrogens with zero attached hydrogens (tertiary/aromatic N) is 1. The summed E-state index contributed by atoms with van der Waals surface area (Å²) >= 11 is 0. The van der Waals surface area contributed by atoms with Crippen LogP contribution >= 0.6 is 0 Å². The molecule has 0 aromatic carbocycles. The van der Waals surface area contributed by atoms with E-state index < -0.39 is 35.2 Å². The highest BCUT2D eigenvalue weighted by molar-refractivity contribution is 5.91. The van der Waals surface area contributed by atoms with Gasteiger partial charge in [0.2, 0.25) is 5.91 Å². The van der Waals surface area contributed by atoms with Crippen LogP contribution in [0, 0.1) is 22.7 Å². The maximum absolute atomic E-state index is 13.2. The van der Waals surface area contributed by atoms with Crippen LogP contribution in [-0.2, 0) is 14.3 Å². The number of piperidine rings is 1. The van der Waals surface area contributed by atoms with Crippen LogP contribution in [-0.4, -0.2) is 52.2 Å². The van der Waals surface area contributed by atoms with Crippen LogP contribution in [0.2, 0.25) is 0 Å². The van der Waals surface area contributed by atoms with Crippen molar-refractivity contribution in [2.75, 3.05) is 6.54 Å². The van der Waals surface area contributed by atoms with Crippen LogP contribution in [0.25, 0.3) is 0 Å². The summed E-state index contributed by atoms with van der Waals surface area (Å²) in [6.07, 6.45) is -0.678. The summed E-state index contributed by atoms with van der Waals surface area (Å²) in [5.41, 5.74) is -1.33. The smallest absolute Gasteiger partial charge is 0.408 e. The monoisotopic (exact) mass is 368 g/mol. The SMILES string of the molecule is CC(C)(C)OC(=O)NC(C(=O)N1CC2C([C@H]1C(=O)O)C2(C)C)C(C)(C)C. The van der Waals surface area contributed by atoms with Crippen molar-refractivity contribution in [3.05, 3.63) is 0 Å². The van der Waals surface area contributed by atoms with Gasteiger partial charge in [0.1, 0.15) is 17.7 Å². The molecular weight excluding hydrogens is 336 g/mol. The molecule has 1 heterocycles. The van der Waals surface area contributed by atoms with Gasteiger partial charge < -0.3 is 20.1 Å². The van der Waals surface area contributed by atoms with E-state index in [1.54, 1.807) is 20.8 Å². The lowest BCUT2D eigenvalue weighted by molar-refractivity contribution is -0.152. The highest BCUT2D eigenvalue weighted by Gasteiger charge is 2.70. The fourth-order valence-electron chi connectivity index (χ4n) is 4.04. The Labute approximate surface area is 155 Å². The number of rotatable bonds is 3. The zero-order valence-electron chi connectivity index (χ0n) is 17.0. The van der Waals surface area contributed by atoms with E-state index in [4.69, 9.17) is 4.74 Å². The third-order valence-corrected chi connectivity index (χ3v) is 5.52. The molecule has 0 spiro atoms. The van der Waals surface area contributed by atoms with Crippen LogP contribution in [0.15, 0.2) is 0 Å². The van der Waals surface area contributed by atoms with Gasteiger partial charge in [-0.3, -0.25) is 4.79 Å². The molecule has 2 amide bonds. The lowest BCUT2D eigenvalue weighted by atomic mass is 9.85. The van der Waals surface area contributed by atoms with E-state index in [-0.39, 0.29) is 23.2 Å². The number of hydrogen-bond donors (Lipinski definition) is 2. The molecule has 3 unspecified atom stereocenters. The number of carbonyl (C=O) groups is 3. The molecule has 0 aromatic rings. The minimum Gasteiger partial charge on any atom is -0.480 e. The van der Waals surface area contributed by atoms with Crippen molar-refractivity contribution in [2.24, 2.45) is 22.7 Å². The van der Waals surface area contributed by atoms with Gasteiger partial charge in [0.15, 0.2) is 0 Å². The molecule has 7 nitrogen and oxygen atoms in total.